The minimum Gasteiger partial charge on any atom is -0.376 e. The van der Waals surface area contributed by atoms with E-state index in [4.69, 9.17) is 4.74 Å². The zero-order chi connectivity index (χ0) is 13.8. The lowest BCUT2D eigenvalue weighted by molar-refractivity contribution is 0.108. The number of hydrogen-bond donors (Lipinski definition) is 1. The van der Waals surface area contributed by atoms with Crippen molar-refractivity contribution in [2.75, 3.05) is 44.2 Å². The molecule has 2 saturated heterocycles. The summed E-state index contributed by atoms with van der Waals surface area (Å²) in [5.74, 6) is 0. The number of amides is 2. The molecule has 0 radical (unpaired) electrons. The van der Waals surface area contributed by atoms with Gasteiger partial charge in [-0.05, 0) is 12.8 Å². The Hall–Kier alpha value is -1.34. The molecule has 0 aliphatic carbocycles. The third kappa shape index (κ3) is 3.21. The van der Waals surface area contributed by atoms with E-state index in [1.54, 1.807) is 11.3 Å². The Balaban J connectivity index is 1.42. The van der Waals surface area contributed by atoms with Crippen LogP contribution in [0.25, 0.3) is 0 Å². The van der Waals surface area contributed by atoms with Crippen LogP contribution >= 0.6 is 11.3 Å². The van der Waals surface area contributed by atoms with Gasteiger partial charge in [0, 0.05) is 50.9 Å². The molecule has 0 spiro atoms. The normalized spacial score (nSPS) is 23.1. The minimum atomic E-state index is 0.0271. The molecule has 2 aliphatic heterocycles. The summed E-state index contributed by atoms with van der Waals surface area (Å²) in [6.07, 6.45) is 4.18. The molecule has 2 amide bonds. The Morgan fingerprint density at radius 3 is 2.95 bits per heavy atom. The summed E-state index contributed by atoms with van der Waals surface area (Å²) in [5.41, 5.74) is 0. The van der Waals surface area contributed by atoms with Crippen LogP contribution in [0.5, 0.6) is 0 Å². The lowest BCUT2D eigenvalue weighted by Crippen LogP contribution is -2.52. The van der Waals surface area contributed by atoms with Gasteiger partial charge in [0.15, 0.2) is 5.13 Å². The predicted molar refractivity (Wildman–Crippen MR) is 78.3 cm³/mol. The molecule has 3 heterocycles. The highest BCUT2D eigenvalue weighted by atomic mass is 32.1. The SMILES string of the molecule is O=C(NC[C@@H]1CCCO1)N1CCN(c2nccs2)CC1. The van der Waals surface area contributed by atoms with E-state index in [0.717, 1.165) is 50.8 Å². The van der Waals surface area contributed by atoms with E-state index < -0.39 is 0 Å². The van der Waals surface area contributed by atoms with Crippen molar-refractivity contribution in [3.05, 3.63) is 11.6 Å². The second-order valence-corrected chi connectivity index (χ2v) is 5.98. The lowest BCUT2D eigenvalue weighted by Gasteiger charge is -2.34. The fourth-order valence-electron chi connectivity index (χ4n) is 2.59. The van der Waals surface area contributed by atoms with E-state index in [-0.39, 0.29) is 12.1 Å². The topological polar surface area (TPSA) is 57.7 Å². The molecule has 6 nitrogen and oxygen atoms in total. The highest BCUT2D eigenvalue weighted by Crippen LogP contribution is 2.18. The van der Waals surface area contributed by atoms with Crippen LogP contribution < -0.4 is 10.2 Å². The standard InChI is InChI=1S/C13H20N4O2S/c18-12(15-10-11-2-1-8-19-11)16-4-6-17(7-5-16)13-14-3-9-20-13/h3,9,11H,1-2,4-8,10H2,(H,15,18)/t11-/m0/s1. The van der Waals surface area contributed by atoms with E-state index in [1.807, 2.05) is 16.5 Å². The number of ether oxygens (including phenoxy) is 1. The maximum Gasteiger partial charge on any atom is 0.317 e. The van der Waals surface area contributed by atoms with Crippen LogP contribution in [0, 0.1) is 0 Å². The molecular weight excluding hydrogens is 276 g/mol. The molecule has 0 bridgehead atoms. The van der Waals surface area contributed by atoms with Crippen molar-refractivity contribution >= 4 is 22.5 Å². The Bertz CT molecular complexity index is 426. The number of nitrogens with zero attached hydrogens (tertiary/aromatic N) is 3. The van der Waals surface area contributed by atoms with Gasteiger partial charge in [-0.3, -0.25) is 0 Å². The average Bonchev–Trinajstić information content (AvgIpc) is 3.18. The van der Waals surface area contributed by atoms with Crippen LogP contribution in [0.3, 0.4) is 0 Å². The first-order valence-electron chi connectivity index (χ1n) is 7.12. The smallest absolute Gasteiger partial charge is 0.317 e. The highest BCUT2D eigenvalue weighted by Gasteiger charge is 2.23. The molecule has 1 atom stereocenters. The van der Waals surface area contributed by atoms with Gasteiger partial charge in [0.1, 0.15) is 0 Å². The molecule has 1 aromatic heterocycles. The first-order chi connectivity index (χ1) is 9.83. The van der Waals surface area contributed by atoms with Gasteiger partial charge < -0.3 is 19.9 Å². The molecule has 110 valence electrons. The highest BCUT2D eigenvalue weighted by molar-refractivity contribution is 7.13. The van der Waals surface area contributed by atoms with Crippen LogP contribution in [0.1, 0.15) is 12.8 Å². The van der Waals surface area contributed by atoms with Crippen molar-refractivity contribution < 1.29 is 9.53 Å². The Kier molecular flexibility index (Phi) is 4.37. The van der Waals surface area contributed by atoms with Gasteiger partial charge in [0.05, 0.1) is 6.10 Å². The summed E-state index contributed by atoms with van der Waals surface area (Å²) >= 11 is 1.65. The molecule has 7 heteroatoms. The monoisotopic (exact) mass is 296 g/mol. The Labute approximate surface area is 122 Å². The quantitative estimate of drug-likeness (QED) is 0.909. The third-order valence-electron chi connectivity index (χ3n) is 3.76. The lowest BCUT2D eigenvalue weighted by atomic mass is 10.2. The zero-order valence-electron chi connectivity index (χ0n) is 11.5. The second kappa shape index (κ2) is 6.41. The van der Waals surface area contributed by atoms with E-state index in [0.29, 0.717) is 6.54 Å². The molecule has 0 saturated carbocycles. The largest absolute Gasteiger partial charge is 0.376 e. The number of rotatable bonds is 3. The Morgan fingerprint density at radius 2 is 2.30 bits per heavy atom. The fraction of sp³-hybridized carbons (Fsp3) is 0.692. The molecule has 1 N–H and O–H groups in total. The third-order valence-corrected chi connectivity index (χ3v) is 4.59. The number of urea groups is 1. The maximum absolute atomic E-state index is 12.1. The minimum absolute atomic E-state index is 0.0271. The number of carbonyl (C=O) groups excluding carboxylic acids is 1. The average molecular weight is 296 g/mol. The van der Waals surface area contributed by atoms with Gasteiger partial charge in [-0.2, -0.15) is 0 Å². The summed E-state index contributed by atoms with van der Waals surface area (Å²) in [7, 11) is 0. The molecule has 0 aromatic carbocycles. The van der Waals surface area contributed by atoms with E-state index in [2.05, 4.69) is 15.2 Å². The fourth-order valence-corrected chi connectivity index (χ4v) is 3.29. The molecule has 1 aromatic rings. The van der Waals surface area contributed by atoms with E-state index >= 15 is 0 Å². The summed E-state index contributed by atoms with van der Waals surface area (Å²) in [4.78, 5) is 20.5. The van der Waals surface area contributed by atoms with Crippen molar-refractivity contribution in [3.63, 3.8) is 0 Å². The van der Waals surface area contributed by atoms with Crippen LogP contribution in [0.15, 0.2) is 11.6 Å². The number of aromatic nitrogens is 1. The van der Waals surface area contributed by atoms with Crippen molar-refractivity contribution in [2.45, 2.75) is 18.9 Å². The van der Waals surface area contributed by atoms with Gasteiger partial charge in [-0.15, -0.1) is 11.3 Å². The van der Waals surface area contributed by atoms with Crippen LogP contribution in [0.4, 0.5) is 9.93 Å². The molecule has 2 aliphatic rings. The first-order valence-corrected chi connectivity index (χ1v) is 8.00. The summed E-state index contributed by atoms with van der Waals surface area (Å²) in [6.45, 7) is 4.65. The van der Waals surface area contributed by atoms with Crippen LogP contribution in [-0.2, 0) is 4.74 Å². The first kappa shape index (κ1) is 13.6. The molecule has 3 rings (SSSR count). The van der Waals surface area contributed by atoms with E-state index in [1.165, 1.54) is 0 Å². The number of anilines is 1. The van der Waals surface area contributed by atoms with Crippen molar-refractivity contribution in [2.24, 2.45) is 0 Å². The summed E-state index contributed by atoms with van der Waals surface area (Å²) in [6, 6.07) is 0.0271. The predicted octanol–water partition coefficient (Wildman–Crippen LogP) is 1.15. The molecular formula is C13H20N4O2S. The van der Waals surface area contributed by atoms with Gasteiger partial charge in [-0.1, -0.05) is 0 Å². The number of carbonyl (C=O) groups is 1. The number of thiazole rings is 1. The summed E-state index contributed by atoms with van der Waals surface area (Å²) in [5, 5.41) is 6.00. The second-order valence-electron chi connectivity index (χ2n) is 5.11. The van der Waals surface area contributed by atoms with Gasteiger partial charge >= 0.3 is 6.03 Å². The molecule has 0 unspecified atom stereocenters. The number of piperazine rings is 1. The van der Waals surface area contributed by atoms with Crippen molar-refractivity contribution in [3.8, 4) is 0 Å². The maximum atomic E-state index is 12.1. The van der Waals surface area contributed by atoms with Crippen molar-refractivity contribution in [1.82, 2.24) is 15.2 Å². The summed E-state index contributed by atoms with van der Waals surface area (Å²) < 4.78 is 5.51. The number of hydrogen-bond acceptors (Lipinski definition) is 5. The molecule has 2 fully saturated rings. The van der Waals surface area contributed by atoms with Crippen molar-refractivity contribution in [1.29, 1.82) is 0 Å². The van der Waals surface area contributed by atoms with Crippen LogP contribution in [0.2, 0.25) is 0 Å². The zero-order valence-corrected chi connectivity index (χ0v) is 12.3. The Morgan fingerprint density at radius 1 is 1.45 bits per heavy atom. The van der Waals surface area contributed by atoms with Gasteiger partial charge in [0.2, 0.25) is 0 Å². The van der Waals surface area contributed by atoms with Gasteiger partial charge in [0.25, 0.3) is 0 Å². The van der Waals surface area contributed by atoms with Crippen LogP contribution in [-0.4, -0.2) is 61.3 Å². The van der Waals surface area contributed by atoms with Gasteiger partial charge in [-0.25, -0.2) is 9.78 Å². The molecule has 20 heavy (non-hydrogen) atoms. The van der Waals surface area contributed by atoms with E-state index in [9.17, 15) is 4.79 Å². The number of nitrogens with one attached hydrogen (secondary N) is 1.